The molecule has 0 aromatic heterocycles. The molecule has 0 saturated carbocycles. The van der Waals surface area contributed by atoms with Gasteiger partial charge in [0.25, 0.3) is 0 Å². The van der Waals surface area contributed by atoms with Crippen molar-refractivity contribution in [2.45, 2.75) is 37.6 Å². The first-order chi connectivity index (χ1) is 12.7. The number of aliphatic carboxylic acids is 1. The lowest BCUT2D eigenvalue weighted by molar-refractivity contribution is -0.142. The maximum Gasteiger partial charge on any atom is 0.326 e. The number of nitrogens with one attached hydrogen (secondary N) is 2. The predicted molar refractivity (Wildman–Crippen MR) is 103 cm³/mol. The lowest BCUT2D eigenvalue weighted by Gasteiger charge is -2.16. The Labute approximate surface area is 158 Å². The van der Waals surface area contributed by atoms with E-state index in [0.717, 1.165) is 10.8 Å². The van der Waals surface area contributed by atoms with Crippen molar-refractivity contribution in [3.63, 3.8) is 0 Å². The van der Waals surface area contributed by atoms with Crippen LogP contribution >= 0.6 is 0 Å². The first-order valence-electron chi connectivity index (χ1n) is 8.69. The number of carboxylic acids is 1. The van der Waals surface area contributed by atoms with E-state index in [4.69, 9.17) is 5.11 Å². The normalized spacial score (nSPS) is 12.9. The number of hydrogen-bond acceptors (Lipinski definition) is 4. The number of rotatable bonds is 9. The van der Waals surface area contributed by atoms with Gasteiger partial charge in [-0.05, 0) is 35.2 Å². The van der Waals surface area contributed by atoms with Gasteiger partial charge in [-0.1, -0.05) is 44.2 Å². The topological polar surface area (TPSA) is 113 Å². The van der Waals surface area contributed by atoms with E-state index in [1.165, 1.54) is 6.07 Å². The summed E-state index contributed by atoms with van der Waals surface area (Å²) in [5.41, 5.74) is 0. The Kier molecular flexibility index (Phi) is 6.92. The Balaban J connectivity index is 1.94. The number of sulfonamides is 1. The second-order valence-corrected chi connectivity index (χ2v) is 8.51. The molecule has 146 valence electrons. The number of carboxylic acid groups (broad SMARTS) is 1. The smallest absolute Gasteiger partial charge is 0.326 e. The fraction of sp³-hybridized carbons (Fsp3) is 0.368. The molecule has 0 heterocycles. The zero-order chi connectivity index (χ0) is 20.0. The third kappa shape index (κ3) is 6.04. The summed E-state index contributed by atoms with van der Waals surface area (Å²) in [5.74, 6) is -1.50. The Morgan fingerprint density at radius 3 is 2.37 bits per heavy atom. The van der Waals surface area contributed by atoms with Gasteiger partial charge in [0, 0.05) is 13.0 Å². The van der Waals surface area contributed by atoms with E-state index < -0.39 is 27.9 Å². The fourth-order valence-electron chi connectivity index (χ4n) is 2.68. The average Bonchev–Trinajstić information content (AvgIpc) is 2.60. The Bertz CT molecular complexity index is 925. The summed E-state index contributed by atoms with van der Waals surface area (Å²) in [6, 6.07) is 11.2. The van der Waals surface area contributed by atoms with E-state index in [1.54, 1.807) is 12.1 Å². The molecule has 0 aliphatic carbocycles. The quantitative estimate of drug-likeness (QED) is 0.605. The van der Waals surface area contributed by atoms with E-state index in [2.05, 4.69) is 10.0 Å². The summed E-state index contributed by atoms with van der Waals surface area (Å²) in [5, 5.41) is 13.3. The van der Waals surface area contributed by atoms with E-state index in [-0.39, 0.29) is 23.8 Å². The van der Waals surface area contributed by atoms with E-state index >= 15 is 0 Å². The standard InChI is InChI=1S/C19H24N2O5S/c1-13(2)11-17(19(23)24)21-18(22)9-10-20-27(25,26)16-8-7-14-5-3-4-6-15(14)12-16/h3-8,12-13,17,20H,9-11H2,1-2H3,(H,21,22)(H,23,24). The second kappa shape index (κ2) is 8.96. The van der Waals surface area contributed by atoms with Crippen molar-refractivity contribution < 1.29 is 23.1 Å². The first-order valence-corrected chi connectivity index (χ1v) is 10.2. The van der Waals surface area contributed by atoms with E-state index in [0.29, 0.717) is 6.42 Å². The highest BCUT2D eigenvalue weighted by Gasteiger charge is 2.21. The summed E-state index contributed by atoms with van der Waals surface area (Å²) in [6.45, 7) is 3.61. The zero-order valence-corrected chi connectivity index (χ0v) is 16.1. The molecule has 1 atom stereocenters. The van der Waals surface area contributed by atoms with Crippen molar-refractivity contribution >= 4 is 32.7 Å². The van der Waals surface area contributed by atoms with Crippen LogP contribution in [0.25, 0.3) is 10.8 Å². The van der Waals surface area contributed by atoms with Gasteiger partial charge in [-0.25, -0.2) is 17.9 Å². The van der Waals surface area contributed by atoms with Crippen molar-refractivity contribution in [2.75, 3.05) is 6.54 Å². The minimum absolute atomic E-state index is 0.109. The predicted octanol–water partition coefficient (Wildman–Crippen LogP) is 2.12. The molecule has 7 nitrogen and oxygen atoms in total. The van der Waals surface area contributed by atoms with Crippen LogP contribution in [0.4, 0.5) is 0 Å². The van der Waals surface area contributed by atoms with Gasteiger partial charge in [-0.3, -0.25) is 4.79 Å². The van der Waals surface area contributed by atoms with Crippen molar-refractivity contribution in [3.05, 3.63) is 42.5 Å². The molecule has 0 aliphatic heterocycles. The van der Waals surface area contributed by atoms with Gasteiger partial charge in [0.2, 0.25) is 15.9 Å². The molecule has 0 saturated heterocycles. The molecule has 0 aliphatic rings. The highest BCUT2D eigenvalue weighted by Crippen LogP contribution is 2.18. The van der Waals surface area contributed by atoms with Crippen LogP contribution in [-0.4, -0.2) is 38.0 Å². The summed E-state index contributed by atoms with van der Waals surface area (Å²) in [6.07, 6.45) is 0.165. The molecule has 2 aromatic carbocycles. The number of hydrogen-bond donors (Lipinski definition) is 3. The zero-order valence-electron chi connectivity index (χ0n) is 15.3. The van der Waals surface area contributed by atoms with Crippen LogP contribution in [-0.2, 0) is 19.6 Å². The lowest BCUT2D eigenvalue weighted by Crippen LogP contribution is -2.42. The van der Waals surface area contributed by atoms with Crippen LogP contribution in [0.3, 0.4) is 0 Å². The third-order valence-electron chi connectivity index (χ3n) is 4.02. The van der Waals surface area contributed by atoms with Crippen LogP contribution in [0, 0.1) is 5.92 Å². The molecule has 1 amide bonds. The van der Waals surface area contributed by atoms with Crippen molar-refractivity contribution in [2.24, 2.45) is 5.92 Å². The molecule has 0 bridgehead atoms. The molecule has 1 unspecified atom stereocenters. The largest absolute Gasteiger partial charge is 0.480 e. The summed E-state index contributed by atoms with van der Waals surface area (Å²) in [7, 11) is -3.76. The summed E-state index contributed by atoms with van der Waals surface area (Å²) < 4.78 is 27.2. The van der Waals surface area contributed by atoms with Gasteiger partial charge in [-0.15, -0.1) is 0 Å². The molecule has 27 heavy (non-hydrogen) atoms. The minimum Gasteiger partial charge on any atom is -0.480 e. The Morgan fingerprint density at radius 1 is 1.07 bits per heavy atom. The van der Waals surface area contributed by atoms with Gasteiger partial charge in [0.05, 0.1) is 4.90 Å². The average molecular weight is 392 g/mol. The van der Waals surface area contributed by atoms with Crippen LogP contribution in [0.1, 0.15) is 26.7 Å². The highest BCUT2D eigenvalue weighted by molar-refractivity contribution is 7.89. The maximum atomic E-state index is 12.4. The molecular formula is C19H24N2O5S. The molecule has 2 aromatic rings. The molecule has 0 radical (unpaired) electrons. The Morgan fingerprint density at radius 2 is 1.74 bits per heavy atom. The van der Waals surface area contributed by atoms with E-state index in [1.807, 2.05) is 38.1 Å². The Hall–Kier alpha value is -2.45. The molecule has 2 rings (SSSR count). The second-order valence-electron chi connectivity index (χ2n) is 6.74. The number of benzene rings is 2. The monoisotopic (exact) mass is 392 g/mol. The van der Waals surface area contributed by atoms with Gasteiger partial charge in [0.1, 0.15) is 6.04 Å². The number of carbonyl (C=O) groups excluding carboxylic acids is 1. The molecule has 0 fully saturated rings. The van der Waals surface area contributed by atoms with Crippen molar-refractivity contribution in [1.82, 2.24) is 10.0 Å². The van der Waals surface area contributed by atoms with Crippen LogP contribution in [0.5, 0.6) is 0 Å². The first kappa shape index (κ1) is 20.9. The fourth-order valence-corrected chi connectivity index (χ4v) is 3.74. The maximum absolute atomic E-state index is 12.4. The SMILES string of the molecule is CC(C)CC(NC(=O)CCNS(=O)(=O)c1ccc2ccccc2c1)C(=O)O. The molecule has 0 spiro atoms. The molecule has 8 heteroatoms. The number of fused-ring (bicyclic) bond motifs is 1. The summed E-state index contributed by atoms with van der Waals surface area (Å²) >= 11 is 0. The van der Waals surface area contributed by atoms with Crippen LogP contribution in [0.2, 0.25) is 0 Å². The van der Waals surface area contributed by atoms with Crippen molar-refractivity contribution in [1.29, 1.82) is 0 Å². The summed E-state index contributed by atoms with van der Waals surface area (Å²) in [4.78, 5) is 23.2. The van der Waals surface area contributed by atoms with Gasteiger partial charge < -0.3 is 10.4 Å². The number of carbonyl (C=O) groups is 2. The molecule has 3 N–H and O–H groups in total. The minimum atomic E-state index is -3.76. The molecular weight excluding hydrogens is 368 g/mol. The van der Waals surface area contributed by atoms with Gasteiger partial charge in [-0.2, -0.15) is 0 Å². The van der Waals surface area contributed by atoms with Crippen molar-refractivity contribution in [3.8, 4) is 0 Å². The third-order valence-corrected chi connectivity index (χ3v) is 5.47. The van der Waals surface area contributed by atoms with Crippen LogP contribution in [0.15, 0.2) is 47.4 Å². The van der Waals surface area contributed by atoms with Gasteiger partial charge >= 0.3 is 5.97 Å². The lowest BCUT2D eigenvalue weighted by atomic mass is 10.0. The highest BCUT2D eigenvalue weighted by atomic mass is 32.2. The number of amides is 1. The van der Waals surface area contributed by atoms with Gasteiger partial charge in [0.15, 0.2) is 0 Å². The van der Waals surface area contributed by atoms with Crippen LogP contribution < -0.4 is 10.0 Å². The van der Waals surface area contributed by atoms with E-state index in [9.17, 15) is 18.0 Å².